The fourth-order valence-electron chi connectivity index (χ4n) is 4.13. The molecule has 1 saturated heterocycles. The molecule has 2 aliphatic rings. The van der Waals surface area contributed by atoms with E-state index in [2.05, 4.69) is 27.0 Å². The molecular formula is C19H29N5O3S. The molecule has 2 aromatic heterocycles. The van der Waals surface area contributed by atoms with Crippen LogP contribution in [0.4, 0.5) is 0 Å². The van der Waals surface area contributed by atoms with Crippen LogP contribution < -0.4 is 0 Å². The van der Waals surface area contributed by atoms with Gasteiger partial charge in [0.2, 0.25) is 15.9 Å². The topological polar surface area (TPSA) is 95.3 Å². The zero-order valence-electron chi connectivity index (χ0n) is 16.9. The Balaban J connectivity index is 1.59. The molecule has 9 heteroatoms. The number of nitrogens with zero attached hydrogens (tertiary/aromatic N) is 4. The molecule has 0 unspecified atom stereocenters. The molecule has 3 heterocycles. The molecule has 0 radical (unpaired) electrons. The van der Waals surface area contributed by atoms with Crippen molar-refractivity contribution in [3.05, 3.63) is 17.1 Å². The van der Waals surface area contributed by atoms with E-state index in [1.165, 1.54) is 6.42 Å². The van der Waals surface area contributed by atoms with E-state index < -0.39 is 10.0 Å². The molecule has 0 bridgehead atoms. The van der Waals surface area contributed by atoms with E-state index in [0.717, 1.165) is 38.9 Å². The van der Waals surface area contributed by atoms with Gasteiger partial charge < -0.3 is 14.3 Å². The summed E-state index contributed by atoms with van der Waals surface area (Å²) in [6.45, 7) is 9.36. The van der Waals surface area contributed by atoms with Crippen LogP contribution in [0.3, 0.4) is 0 Å². The maximum atomic E-state index is 13.3. The minimum absolute atomic E-state index is 0.342. The van der Waals surface area contributed by atoms with Gasteiger partial charge in [0.25, 0.3) is 5.89 Å². The van der Waals surface area contributed by atoms with E-state index in [1.54, 1.807) is 11.2 Å². The zero-order valence-corrected chi connectivity index (χ0v) is 17.7. The monoisotopic (exact) mass is 407 g/mol. The Hall–Kier alpha value is -1.71. The van der Waals surface area contributed by atoms with Gasteiger partial charge in [-0.2, -0.15) is 4.31 Å². The van der Waals surface area contributed by atoms with Crippen molar-refractivity contribution in [1.82, 2.24) is 24.4 Å². The smallest absolute Gasteiger partial charge is 0.264 e. The van der Waals surface area contributed by atoms with Gasteiger partial charge in [0.1, 0.15) is 10.6 Å². The highest BCUT2D eigenvalue weighted by Crippen LogP contribution is 2.38. The van der Waals surface area contributed by atoms with E-state index in [-0.39, 0.29) is 0 Å². The summed E-state index contributed by atoms with van der Waals surface area (Å²) < 4.78 is 34.1. The van der Waals surface area contributed by atoms with Crippen molar-refractivity contribution in [3.8, 4) is 11.6 Å². The van der Waals surface area contributed by atoms with Crippen LogP contribution in [-0.4, -0.2) is 65.5 Å². The van der Waals surface area contributed by atoms with Gasteiger partial charge in [0.15, 0.2) is 0 Å². The molecule has 28 heavy (non-hydrogen) atoms. The summed E-state index contributed by atoms with van der Waals surface area (Å²) in [6.07, 6.45) is 4.43. The Labute approximate surface area is 166 Å². The van der Waals surface area contributed by atoms with Gasteiger partial charge in [-0.05, 0) is 45.2 Å². The molecule has 1 saturated carbocycles. The lowest BCUT2D eigenvalue weighted by Gasteiger charge is -2.33. The predicted octanol–water partition coefficient (Wildman–Crippen LogP) is 2.67. The molecule has 8 nitrogen and oxygen atoms in total. The Morgan fingerprint density at radius 2 is 1.86 bits per heavy atom. The average Bonchev–Trinajstić information content (AvgIpc) is 3.19. The first-order valence-corrected chi connectivity index (χ1v) is 11.6. The van der Waals surface area contributed by atoms with Crippen LogP contribution in [-0.2, 0) is 10.0 Å². The van der Waals surface area contributed by atoms with Gasteiger partial charge in [-0.1, -0.05) is 13.3 Å². The van der Waals surface area contributed by atoms with Crippen LogP contribution in [0, 0.1) is 13.8 Å². The normalized spacial score (nSPS) is 19.8. The number of rotatable bonds is 6. The number of aryl methyl sites for hydroxylation is 1. The Morgan fingerprint density at radius 3 is 2.46 bits per heavy atom. The fourth-order valence-corrected chi connectivity index (χ4v) is 5.96. The minimum Gasteiger partial charge on any atom is -0.419 e. The summed E-state index contributed by atoms with van der Waals surface area (Å²) in [5.74, 6) is 1.38. The van der Waals surface area contributed by atoms with Crippen molar-refractivity contribution in [2.45, 2.75) is 57.3 Å². The second-order valence-electron chi connectivity index (χ2n) is 7.90. The second-order valence-corrected chi connectivity index (χ2v) is 9.77. The molecule has 0 atom stereocenters. The highest BCUT2D eigenvalue weighted by Gasteiger charge is 2.34. The Bertz CT molecular complexity index is 937. The molecule has 4 rings (SSSR count). The van der Waals surface area contributed by atoms with Crippen LogP contribution >= 0.6 is 0 Å². The lowest BCUT2D eigenvalue weighted by molar-refractivity contribution is 0.188. The first-order chi connectivity index (χ1) is 13.4. The summed E-state index contributed by atoms with van der Waals surface area (Å²) in [5, 5.41) is 8.34. The number of hydrogen-bond acceptors (Lipinski definition) is 6. The van der Waals surface area contributed by atoms with Crippen molar-refractivity contribution < 1.29 is 12.8 Å². The number of piperazine rings is 1. The third-order valence-corrected chi connectivity index (χ3v) is 8.12. The van der Waals surface area contributed by atoms with E-state index >= 15 is 0 Å². The Morgan fingerprint density at radius 1 is 1.14 bits per heavy atom. The molecule has 0 amide bonds. The van der Waals surface area contributed by atoms with Crippen LogP contribution in [0.1, 0.15) is 55.7 Å². The molecule has 0 spiro atoms. The molecule has 1 aliphatic carbocycles. The first kappa shape index (κ1) is 19.6. The van der Waals surface area contributed by atoms with Crippen molar-refractivity contribution in [3.63, 3.8) is 0 Å². The fraction of sp³-hybridized carbons (Fsp3) is 0.684. The van der Waals surface area contributed by atoms with Gasteiger partial charge in [0, 0.05) is 37.8 Å². The van der Waals surface area contributed by atoms with Gasteiger partial charge in [0.05, 0.1) is 0 Å². The predicted molar refractivity (Wildman–Crippen MR) is 106 cm³/mol. The van der Waals surface area contributed by atoms with E-state index in [9.17, 15) is 8.42 Å². The average molecular weight is 408 g/mol. The van der Waals surface area contributed by atoms with Crippen LogP contribution in [0.2, 0.25) is 0 Å². The number of aromatic nitrogens is 3. The van der Waals surface area contributed by atoms with Crippen molar-refractivity contribution >= 4 is 10.0 Å². The van der Waals surface area contributed by atoms with Gasteiger partial charge in [-0.15, -0.1) is 10.2 Å². The summed E-state index contributed by atoms with van der Waals surface area (Å²) in [5.41, 5.74) is 1.88. The standard InChI is InChI=1S/C19H29N5O3S/c1-4-8-23-9-11-24(12-10-23)28(25,26)17-13(2)16(20-14(17)3)19-22-21-18(27-19)15-6-5-7-15/h15,20H,4-12H2,1-3H3. The number of sulfonamides is 1. The molecule has 1 aliphatic heterocycles. The highest BCUT2D eigenvalue weighted by molar-refractivity contribution is 7.89. The number of H-pyrrole nitrogens is 1. The number of nitrogens with one attached hydrogen (secondary N) is 1. The summed E-state index contributed by atoms with van der Waals surface area (Å²) >= 11 is 0. The number of aromatic amines is 1. The van der Waals surface area contributed by atoms with Gasteiger partial charge in [-0.25, -0.2) is 8.42 Å². The van der Waals surface area contributed by atoms with Crippen LogP contribution in [0.5, 0.6) is 0 Å². The van der Waals surface area contributed by atoms with E-state index in [1.807, 2.05) is 6.92 Å². The maximum Gasteiger partial charge on any atom is 0.264 e. The molecule has 154 valence electrons. The molecule has 1 N–H and O–H groups in total. The van der Waals surface area contributed by atoms with Gasteiger partial charge in [-0.3, -0.25) is 0 Å². The molecular weight excluding hydrogens is 378 g/mol. The summed E-state index contributed by atoms with van der Waals surface area (Å²) in [4.78, 5) is 5.84. The van der Waals surface area contributed by atoms with Crippen molar-refractivity contribution in [2.24, 2.45) is 0 Å². The number of hydrogen-bond donors (Lipinski definition) is 1. The van der Waals surface area contributed by atoms with E-state index in [0.29, 0.717) is 52.6 Å². The maximum absolute atomic E-state index is 13.3. The lowest BCUT2D eigenvalue weighted by atomic mass is 9.85. The summed E-state index contributed by atoms with van der Waals surface area (Å²) in [6, 6.07) is 0. The van der Waals surface area contributed by atoms with Crippen molar-refractivity contribution in [1.29, 1.82) is 0 Å². The van der Waals surface area contributed by atoms with Gasteiger partial charge >= 0.3 is 0 Å². The molecule has 2 aromatic rings. The largest absolute Gasteiger partial charge is 0.419 e. The quantitative estimate of drug-likeness (QED) is 0.791. The highest BCUT2D eigenvalue weighted by atomic mass is 32.2. The minimum atomic E-state index is -3.57. The van der Waals surface area contributed by atoms with Crippen LogP contribution in [0.25, 0.3) is 11.6 Å². The second kappa shape index (κ2) is 7.61. The third-order valence-electron chi connectivity index (χ3n) is 5.95. The van der Waals surface area contributed by atoms with Crippen molar-refractivity contribution in [2.75, 3.05) is 32.7 Å². The van der Waals surface area contributed by atoms with E-state index in [4.69, 9.17) is 4.42 Å². The third kappa shape index (κ3) is 3.40. The SMILES string of the molecule is CCCN1CCN(S(=O)(=O)c2c(C)[nH]c(-c3nnc(C4CCC4)o3)c2C)CC1. The first-order valence-electron chi connectivity index (χ1n) is 10.2. The summed E-state index contributed by atoms with van der Waals surface area (Å²) in [7, 11) is -3.57. The Kier molecular flexibility index (Phi) is 5.32. The lowest BCUT2D eigenvalue weighted by Crippen LogP contribution is -2.48. The molecule has 0 aromatic carbocycles. The molecule has 2 fully saturated rings. The zero-order chi connectivity index (χ0) is 19.9. The van der Waals surface area contributed by atoms with Crippen LogP contribution in [0.15, 0.2) is 9.31 Å².